The number of aromatic amines is 1. The van der Waals surface area contributed by atoms with Gasteiger partial charge in [-0.15, -0.1) is 0 Å². The highest BCUT2D eigenvalue weighted by Crippen LogP contribution is 2.16. The average Bonchev–Trinajstić information content (AvgIpc) is 3.16. The molecule has 2 rings (SSSR count). The Morgan fingerprint density at radius 1 is 1.30 bits per heavy atom. The van der Waals surface area contributed by atoms with E-state index in [-0.39, 0.29) is 23.3 Å². The minimum absolute atomic E-state index is 0.148. The molecule has 0 spiro atoms. The molecular formula is C16H23N5O4S2. The molecule has 0 aliphatic heterocycles. The van der Waals surface area contributed by atoms with Crippen molar-refractivity contribution in [2.45, 2.75) is 23.9 Å². The molecule has 1 aromatic carbocycles. The predicted molar refractivity (Wildman–Crippen MR) is 102 cm³/mol. The summed E-state index contributed by atoms with van der Waals surface area (Å²) in [5.74, 6) is 1.03. The van der Waals surface area contributed by atoms with Gasteiger partial charge in [0.25, 0.3) is 5.91 Å². The van der Waals surface area contributed by atoms with Crippen molar-refractivity contribution in [1.82, 2.24) is 25.2 Å². The Hall–Kier alpha value is -2.11. The monoisotopic (exact) mass is 413 g/mol. The standard InChI is InChI=1S/C16H23N5O4S2/c1-12(2)9-20-27(23,24)14-5-3-13(4-6-14)25-10-15(22)17-7-8-26-16-18-11-19-21-16/h3-6,11-12,20H,7-10H2,1-2H3,(H,17,22)(H,18,19,21). The molecule has 0 saturated heterocycles. The molecule has 0 atom stereocenters. The normalized spacial score (nSPS) is 11.5. The first-order chi connectivity index (χ1) is 12.9. The quantitative estimate of drug-likeness (QED) is 0.371. The third-order valence-corrected chi connectivity index (χ3v) is 5.56. The van der Waals surface area contributed by atoms with Crippen molar-refractivity contribution in [3.63, 3.8) is 0 Å². The van der Waals surface area contributed by atoms with Crippen LogP contribution in [0.4, 0.5) is 0 Å². The van der Waals surface area contributed by atoms with Crippen LogP contribution in [0.25, 0.3) is 0 Å². The summed E-state index contributed by atoms with van der Waals surface area (Å²) < 4.78 is 32.1. The lowest BCUT2D eigenvalue weighted by atomic mass is 10.2. The molecule has 0 saturated carbocycles. The highest BCUT2D eigenvalue weighted by Gasteiger charge is 2.14. The van der Waals surface area contributed by atoms with E-state index in [9.17, 15) is 13.2 Å². The molecule has 11 heteroatoms. The van der Waals surface area contributed by atoms with Crippen LogP contribution in [0, 0.1) is 5.92 Å². The van der Waals surface area contributed by atoms with E-state index in [1.54, 1.807) is 0 Å². The molecule has 0 fully saturated rings. The third-order valence-electron chi connectivity index (χ3n) is 3.24. The van der Waals surface area contributed by atoms with E-state index < -0.39 is 10.0 Å². The predicted octanol–water partition coefficient (Wildman–Crippen LogP) is 1.03. The lowest BCUT2D eigenvalue weighted by Gasteiger charge is -2.10. The Kier molecular flexibility index (Phi) is 8.07. The molecular weight excluding hydrogens is 390 g/mol. The van der Waals surface area contributed by atoms with Gasteiger partial charge in [-0.05, 0) is 30.2 Å². The summed E-state index contributed by atoms with van der Waals surface area (Å²) in [5, 5.41) is 9.87. The van der Waals surface area contributed by atoms with Gasteiger partial charge in [-0.1, -0.05) is 25.6 Å². The number of nitrogens with zero attached hydrogens (tertiary/aromatic N) is 2. The molecule has 1 heterocycles. The van der Waals surface area contributed by atoms with Crippen LogP contribution >= 0.6 is 11.8 Å². The summed E-state index contributed by atoms with van der Waals surface area (Å²) in [6.07, 6.45) is 1.42. The zero-order valence-electron chi connectivity index (χ0n) is 15.1. The summed E-state index contributed by atoms with van der Waals surface area (Å²) >= 11 is 1.45. The highest BCUT2D eigenvalue weighted by atomic mass is 32.2. The highest BCUT2D eigenvalue weighted by molar-refractivity contribution is 7.99. The van der Waals surface area contributed by atoms with Gasteiger partial charge in [0.15, 0.2) is 11.8 Å². The molecule has 0 aliphatic carbocycles. The Morgan fingerprint density at radius 2 is 2.04 bits per heavy atom. The Bertz CT molecular complexity index is 808. The Morgan fingerprint density at radius 3 is 2.67 bits per heavy atom. The Labute approximate surface area is 162 Å². The van der Waals surface area contributed by atoms with Crippen molar-refractivity contribution in [3.8, 4) is 5.75 Å². The van der Waals surface area contributed by atoms with Crippen molar-refractivity contribution in [2.24, 2.45) is 5.92 Å². The minimum atomic E-state index is -3.54. The van der Waals surface area contributed by atoms with Gasteiger partial charge in [0.05, 0.1) is 4.90 Å². The number of hydrogen-bond acceptors (Lipinski definition) is 7. The summed E-state index contributed by atoms with van der Waals surface area (Å²) in [6.45, 7) is 4.54. The van der Waals surface area contributed by atoms with Gasteiger partial charge in [0.1, 0.15) is 12.1 Å². The topological polar surface area (TPSA) is 126 Å². The van der Waals surface area contributed by atoms with Crippen LogP contribution in [0.2, 0.25) is 0 Å². The molecule has 1 aromatic heterocycles. The molecule has 0 aliphatic rings. The van der Waals surface area contributed by atoms with Gasteiger partial charge >= 0.3 is 0 Å². The van der Waals surface area contributed by atoms with Gasteiger partial charge < -0.3 is 10.1 Å². The number of hydrogen-bond donors (Lipinski definition) is 3. The van der Waals surface area contributed by atoms with E-state index in [1.807, 2.05) is 13.8 Å². The number of H-pyrrole nitrogens is 1. The fourth-order valence-corrected chi connectivity index (χ4v) is 3.73. The number of thioether (sulfide) groups is 1. The van der Waals surface area contributed by atoms with Crippen molar-refractivity contribution < 1.29 is 17.9 Å². The third kappa shape index (κ3) is 7.57. The summed E-state index contributed by atoms with van der Waals surface area (Å²) in [5.41, 5.74) is 0. The maximum absolute atomic E-state index is 12.1. The largest absolute Gasteiger partial charge is 0.484 e. The lowest BCUT2D eigenvalue weighted by Crippen LogP contribution is -2.30. The molecule has 0 unspecified atom stereocenters. The van der Waals surface area contributed by atoms with Crippen LogP contribution in [0.15, 0.2) is 40.6 Å². The molecule has 1 amide bonds. The van der Waals surface area contributed by atoms with Crippen LogP contribution in [-0.2, 0) is 14.8 Å². The van der Waals surface area contributed by atoms with Crippen molar-refractivity contribution >= 4 is 27.7 Å². The second kappa shape index (κ2) is 10.3. The lowest BCUT2D eigenvalue weighted by molar-refractivity contribution is -0.122. The number of carbonyl (C=O) groups excluding carboxylic acids is 1. The summed E-state index contributed by atoms with van der Waals surface area (Å²) in [4.78, 5) is 15.9. The second-order valence-corrected chi connectivity index (χ2v) is 8.85. The van der Waals surface area contributed by atoms with E-state index in [4.69, 9.17) is 4.74 Å². The van der Waals surface area contributed by atoms with E-state index >= 15 is 0 Å². The van der Waals surface area contributed by atoms with Crippen molar-refractivity contribution in [1.29, 1.82) is 0 Å². The van der Waals surface area contributed by atoms with Gasteiger partial charge in [-0.25, -0.2) is 18.1 Å². The van der Waals surface area contributed by atoms with Crippen LogP contribution in [-0.4, -0.2) is 55.0 Å². The fourth-order valence-electron chi connectivity index (χ4n) is 1.88. The summed E-state index contributed by atoms with van der Waals surface area (Å²) in [6, 6.07) is 5.95. The van der Waals surface area contributed by atoms with Crippen molar-refractivity contribution in [3.05, 3.63) is 30.6 Å². The molecule has 148 valence electrons. The average molecular weight is 414 g/mol. The van der Waals surface area contributed by atoms with Crippen LogP contribution in [0.1, 0.15) is 13.8 Å². The van der Waals surface area contributed by atoms with E-state index in [2.05, 4.69) is 25.2 Å². The number of benzene rings is 1. The zero-order chi connectivity index (χ0) is 19.7. The summed E-state index contributed by atoms with van der Waals surface area (Å²) in [7, 11) is -3.54. The number of carbonyl (C=O) groups is 1. The van der Waals surface area contributed by atoms with E-state index in [1.165, 1.54) is 42.4 Å². The fraction of sp³-hybridized carbons (Fsp3) is 0.438. The van der Waals surface area contributed by atoms with Gasteiger partial charge in [0.2, 0.25) is 10.0 Å². The molecule has 27 heavy (non-hydrogen) atoms. The minimum Gasteiger partial charge on any atom is -0.484 e. The van der Waals surface area contributed by atoms with Crippen molar-refractivity contribution in [2.75, 3.05) is 25.4 Å². The van der Waals surface area contributed by atoms with Crippen LogP contribution < -0.4 is 14.8 Å². The molecule has 0 radical (unpaired) electrons. The maximum Gasteiger partial charge on any atom is 0.257 e. The smallest absolute Gasteiger partial charge is 0.257 e. The van der Waals surface area contributed by atoms with E-state index in [0.717, 1.165) is 0 Å². The zero-order valence-corrected chi connectivity index (χ0v) is 16.8. The molecule has 0 bridgehead atoms. The first kappa shape index (κ1) is 21.2. The second-order valence-electron chi connectivity index (χ2n) is 5.99. The van der Waals surface area contributed by atoms with Crippen LogP contribution in [0.5, 0.6) is 5.75 Å². The maximum atomic E-state index is 12.1. The number of nitrogens with one attached hydrogen (secondary N) is 3. The van der Waals surface area contributed by atoms with Gasteiger partial charge in [-0.3, -0.25) is 9.89 Å². The SMILES string of the molecule is CC(C)CNS(=O)(=O)c1ccc(OCC(=O)NCCSc2ncn[nH]2)cc1. The number of amides is 1. The number of rotatable bonds is 11. The first-order valence-electron chi connectivity index (χ1n) is 8.34. The van der Waals surface area contributed by atoms with Gasteiger partial charge in [0, 0.05) is 18.8 Å². The molecule has 9 nitrogen and oxygen atoms in total. The first-order valence-corrected chi connectivity index (χ1v) is 10.8. The molecule has 2 aromatic rings. The van der Waals surface area contributed by atoms with Gasteiger partial charge in [-0.2, -0.15) is 5.10 Å². The van der Waals surface area contributed by atoms with E-state index in [0.29, 0.717) is 29.7 Å². The van der Waals surface area contributed by atoms with Crippen LogP contribution in [0.3, 0.4) is 0 Å². The Balaban J connectivity index is 1.71. The number of aromatic nitrogens is 3. The number of sulfonamides is 1. The number of ether oxygens (including phenoxy) is 1. The molecule has 3 N–H and O–H groups in total.